The van der Waals surface area contributed by atoms with Crippen LogP contribution in [0.4, 0.5) is 11.4 Å². The van der Waals surface area contributed by atoms with Crippen molar-refractivity contribution in [3.63, 3.8) is 0 Å². The number of rotatable bonds is 4. The highest BCUT2D eigenvalue weighted by Crippen LogP contribution is 2.30. The molecule has 0 bridgehead atoms. The third kappa shape index (κ3) is 4.09. The number of anilines is 2. The maximum Gasteiger partial charge on any atom is 0.143 e. The van der Waals surface area contributed by atoms with E-state index >= 15 is 0 Å². The average Bonchev–Trinajstić information content (AvgIpc) is 2.58. The van der Waals surface area contributed by atoms with Gasteiger partial charge >= 0.3 is 0 Å². The van der Waals surface area contributed by atoms with Crippen LogP contribution in [0.25, 0.3) is 0 Å². The first kappa shape index (κ1) is 16.4. The Morgan fingerprint density at radius 3 is 2.70 bits per heavy atom. The van der Waals surface area contributed by atoms with E-state index in [1.54, 1.807) is 7.11 Å². The van der Waals surface area contributed by atoms with Crippen LogP contribution in [0.15, 0.2) is 18.2 Å². The van der Waals surface area contributed by atoms with E-state index < -0.39 is 0 Å². The van der Waals surface area contributed by atoms with Crippen molar-refractivity contribution in [1.82, 2.24) is 9.80 Å². The van der Waals surface area contributed by atoms with Crippen LogP contribution in [0.1, 0.15) is 12.8 Å². The summed E-state index contributed by atoms with van der Waals surface area (Å²) < 4.78 is 5.37. The fourth-order valence-corrected chi connectivity index (χ4v) is 3.74. The zero-order valence-corrected chi connectivity index (χ0v) is 14.5. The van der Waals surface area contributed by atoms with Gasteiger partial charge in [-0.2, -0.15) is 0 Å². The maximum atomic E-state index is 5.94. The third-order valence-electron chi connectivity index (χ3n) is 5.21. The number of methoxy groups -OCH3 is 1. The monoisotopic (exact) mass is 318 g/mol. The SMILES string of the molecule is COc1cc(N2CCC[C@@H](CN3CCN(C)CC3)C2)ccc1N. The standard InChI is InChI=1S/C18H30N4O/c1-20-8-10-21(11-9-20)13-15-4-3-7-22(14-15)16-5-6-17(19)18(12-16)23-2/h5-6,12,15H,3-4,7-11,13-14,19H2,1-2H3/t15-/m0/s1. The first-order valence-electron chi connectivity index (χ1n) is 8.75. The third-order valence-corrected chi connectivity index (χ3v) is 5.21. The van der Waals surface area contributed by atoms with E-state index in [4.69, 9.17) is 10.5 Å². The summed E-state index contributed by atoms with van der Waals surface area (Å²) in [6.45, 7) is 8.32. The van der Waals surface area contributed by atoms with E-state index in [1.165, 1.54) is 51.3 Å². The van der Waals surface area contributed by atoms with Crippen LogP contribution in [0.5, 0.6) is 5.75 Å². The molecule has 0 unspecified atom stereocenters. The first-order valence-corrected chi connectivity index (χ1v) is 8.75. The van der Waals surface area contributed by atoms with Gasteiger partial charge in [-0.25, -0.2) is 0 Å². The molecule has 3 rings (SSSR count). The highest BCUT2D eigenvalue weighted by Gasteiger charge is 2.24. The molecule has 128 valence electrons. The van der Waals surface area contributed by atoms with Gasteiger partial charge in [0.1, 0.15) is 5.75 Å². The van der Waals surface area contributed by atoms with Gasteiger partial charge in [0.2, 0.25) is 0 Å². The molecule has 1 aromatic rings. The van der Waals surface area contributed by atoms with Crippen molar-refractivity contribution in [3.8, 4) is 5.75 Å². The predicted molar refractivity (Wildman–Crippen MR) is 96.3 cm³/mol. The number of hydrogen-bond acceptors (Lipinski definition) is 5. The van der Waals surface area contributed by atoms with Gasteiger partial charge in [0.05, 0.1) is 12.8 Å². The Hall–Kier alpha value is -1.46. The topological polar surface area (TPSA) is 45.0 Å². The van der Waals surface area contributed by atoms with E-state index in [1.807, 2.05) is 6.07 Å². The molecule has 2 saturated heterocycles. The van der Waals surface area contributed by atoms with Crippen LogP contribution >= 0.6 is 0 Å². The lowest BCUT2D eigenvalue weighted by molar-refractivity contribution is 0.131. The van der Waals surface area contributed by atoms with Gasteiger partial charge in [-0.1, -0.05) is 0 Å². The molecule has 0 aliphatic carbocycles. The molecule has 0 amide bonds. The quantitative estimate of drug-likeness (QED) is 0.857. The fraction of sp³-hybridized carbons (Fsp3) is 0.667. The Morgan fingerprint density at radius 1 is 1.17 bits per heavy atom. The molecule has 5 heteroatoms. The highest BCUT2D eigenvalue weighted by molar-refractivity contribution is 5.62. The van der Waals surface area contributed by atoms with E-state index in [0.29, 0.717) is 5.69 Å². The van der Waals surface area contributed by atoms with E-state index in [9.17, 15) is 0 Å². The second kappa shape index (κ2) is 7.41. The summed E-state index contributed by atoms with van der Waals surface area (Å²) in [5, 5.41) is 0. The Morgan fingerprint density at radius 2 is 1.96 bits per heavy atom. The van der Waals surface area contributed by atoms with Crippen LogP contribution < -0.4 is 15.4 Å². The number of piperazine rings is 1. The maximum absolute atomic E-state index is 5.94. The Kier molecular flexibility index (Phi) is 5.28. The molecule has 2 heterocycles. The van der Waals surface area contributed by atoms with Crippen LogP contribution in [-0.2, 0) is 0 Å². The minimum Gasteiger partial charge on any atom is -0.495 e. The Bertz CT molecular complexity index is 514. The van der Waals surface area contributed by atoms with Crippen molar-refractivity contribution in [3.05, 3.63) is 18.2 Å². The molecular weight excluding hydrogens is 288 g/mol. The zero-order chi connectivity index (χ0) is 16.2. The van der Waals surface area contributed by atoms with Gasteiger partial charge in [-0.15, -0.1) is 0 Å². The molecular formula is C18H30N4O. The summed E-state index contributed by atoms with van der Waals surface area (Å²) in [4.78, 5) is 7.55. The van der Waals surface area contributed by atoms with Crippen molar-refractivity contribution < 1.29 is 4.74 Å². The fourth-order valence-electron chi connectivity index (χ4n) is 3.74. The Balaban J connectivity index is 1.59. The zero-order valence-electron chi connectivity index (χ0n) is 14.5. The van der Waals surface area contributed by atoms with Crippen molar-refractivity contribution in [2.45, 2.75) is 12.8 Å². The number of piperidine rings is 1. The molecule has 2 aliphatic rings. The smallest absolute Gasteiger partial charge is 0.143 e. The van der Waals surface area contributed by atoms with Gasteiger partial charge in [-0.05, 0) is 37.9 Å². The first-order chi connectivity index (χ1) is 11.2. The number of benzene rings is 1. The lowest BCUT2D eigenvalue weighted by atomic mass is 9.96. The summed E-state index contributed by atoms with van der Waals surface area (Å²) in [5.41, 5.74) is 7.88. The minimum absolute atomic E-state index is 0.710. The van der Waals surface area contributed by atoms with Gasteiger partial charge in [-0.3, -0.25) is 0 Å². The van der Waals surface area contributed by atoms with Crippen molar-refractivity contribution >= 4 is 11.4 Å². The van der Waals surface area contributed by atoms with Crippen LogP contribution in [-0.4, -0.2) is 69.8 Å². The van der Waals surface area contributed by atoms with Gasteiger partial charge < -0.3 is 25.2 Å². The molecule has 1 atom stereocenters. The minimum atomic E-state index is 0.710. The molecule has 2 fully saturated rings. The number of nitrogens with zero attached hydrogens (tertiary/aromatic N) is 3. The average molecular weight is 318 g/mol. The lowest BCUT2D eigenvalue weighted by Gasteiger charge is -2.39. The van der Waals surface area contributed by atoms with Gasteiger partial charge in [0.15, 0.2) is 0 Å². The molecule has 0 aromatic heterocycles. The van der Waals surface area contributed by atoms with Gasteiger partial charge in [0.25, 0.3) is 0 Å². The number of ether oxygens (including phenoxy) is 1. The van der Waals surface area contributed by atoms with E-state index in [0.717, 1.165) is 24.8 Å². The molecule has 0 spiro atoms. The molecule has 1 aromatic carbocycles. The summed E-state index contributed by atoms with van der Waals surface area (Å²) in [7, 11) is 3.90. The van der Waals surface area contributed by atoms with Crippen molar-refractivity contribution in [2.75, 3.05) is 70.6 Å². The summed E-state index contributed by atoms with van der Waals surface area (Å²) >= 11 is 0. The second-order valence-corrected chi connectivity index (χ2v) is 6.98. The number of hydrogen-bond donors (Lipinski definition) is 1. The molecule has 23 heavy (non-hydrogen) atoms. The molecule has 0 saturated carbocycles. The second-order valence-electron chi connectivity index (χ2n) is 6.98. The van der Waals surface area contributed by atoms with Crippen LogP contribution in [0, 0.1) is 5.92 Å². The summed E-state index contributed by atoms with van der Waals surface area (Å²) in [6, 6.07) is 6.15. The highest BCUT2D eigenvalue weighted by atomic mass is 16.5. The Labute approximate surface area is 140 Å². The molecule has 0 radical (unpaired) electrons. The molecule has 2 aliphatic heterocycles. The van der Waals surface area contributed by atoms with Crippen LogP contribution in [0.2, 0.25) is 0 Å². The van der Waals surface area contributed by atoms with Gasteiger partial charge in [0, 0.05) is 57.6 Å². The predicted octanol–water partition coefficient (Wildman–Crippen LogP) is 1.74. The van der Waals surface area contributed by atoms with Crippen molar-refractivity contribution in [2.24, 2.45) is 5.92 Å². The largest absolute Gasteiger partial charge is 0.495 e. The van der Waals surface area contributed by atoms with Crippen LogP contribution in [0.3, 0.4) is 0 Å². The number of nitrogens with two attached hydrogens (primary N) is 1. The molecule has 5 nitrogen and oxygen atoms in total. The lowest BCUT2D eigenvalue weighted by Crippen LogP contribution is -2.48. The van der Waals surface area contributed by atoms with E-state index in [-0.39, 0.29) is 0 Å². The normalized spacial score (nSPS) is 23.9. The summed E-state index contributed by atoms with van der Waals surface area (Å²) in [5.74, 6) is 1.54. The van der Waals surface area contributed by atoms with E-state index in [2.05, 4.69) is 33.9 Å². The molecule has 2 N–H and O–H groups in total. The number of nitrogen functional groups attached to an aromatic ring is 1. The number of likely N-dealkylation sites (N-methyl/N-ethyl adjacent to an activating group) is 1. The summed E-state index contributed by atoms with van der Waals surface area (Å²) in [6.07, 6.45) is 2.61. The van der Waals surface area contributed by atoms with Crippen molar-refractivity contribution in [1.29, 1.82) is 0 Å².